The molecule has 0 fully saturated rings. The fraction of sp³-hybridized carbons (Fsp3) is 0.545. The second-order valence-electron chi connectivity index (χ2n) is 10.7. The van der Waals surface area contributed by atoms with Gasteiger partial charge >= 0.3 is 0 Å². The van der Waals surface area contributed by atoms with Gasteiger partial charge in [-0.2, -0.15) is 0 Å². The van der Waals surface area contributed by atoms with E-state index >= 15 is 0 Å². The molecule has 0 aliphatic rings. The molecular formula is C33H49N2+. The van der Waals surface area contributed by atoms with Crippen molar-refractivity contribution in [2.24, 2.45) is 0 Å². The van der Waals surface area contributed by atoms with Crippen molar-refractivity contribution in [2.45, 2.75) is 116 Å². The predicted molar refractivity (Wildman–Crippen MR) is 150 cm³/mol. The van der Waals surface area contributed by atoms with Crippen molar-refractivity contribution >= 4 is 0 Å². The van der Waals surface area contributed by atoms with Gasteiger partial charge in [0.2, 0.25) is 0 Å². The van der Waals surface area contributed by atoms with Gasteiger partial charge in [-0.3, -0.25) is 0 Å². The van der Waals surface area contributed by atoms with Crippen LogP contribution in [0.15, 0.2) is 73.1 Å². The molecule has 1 N–H and O–H groups in total. The van der Waals surface area contributed by atoms with Gasteiger partial charge in [0.1, 0.15) is 12.4 Å². The van der Waals surface area contributed by atoms with Crippen molar-refractivity contribution in [1.82, 2.24) is 4.98 Å². The summed E-state index contributed by atoms with van der Waals surface area (Å²) in [4.78, 5) is 3.62. The van der Waals surface area contributed by atoms with Crippen LogP contribution in [-0.2, 0) is 18.4 Å². The number of benzene rings is 2. The minimum Gasteiger partial charge on any atom is -0.247 e. The second-order valence-corrected chi connectivity index (χ2v) is 10.7. The molecule has 0 saturated heterocycles. The number of hydrogen-bond acceptors (Lipinski definition) is 0. The topological polar surface area (TPSA) is 19.7 Å². The second kappa shape index (κ2) is 14.9. The zero-order chi connectivity index (χ0) is 24.8. The average molecular weight is 474 g/mol. The standard InChI is InChI=1S/C33H48N2/c1-4-5-6-7-8-9-10-11-12-13-20-26-35-27-25-34-32(35)29(2)33(3,31-23-18-15-19-24-31)28-30-21-16-14-17-22-30/h14-19,21-25,27,29H,4-13,20,26,28H2,1-3H3/p+1. The molecule has 2 unspecified atom stereocenters. The van der Waals surface area contributed by atoms with Crippen LogP contribution < -0.4 is 4.57 Å². The van der Waals surface area contributed by atoms with E-state index in [1.54, 1.807) is 0 Å². The molecule has 1 aromatic heterocycles. The van der Waals surface area contributed by atoms with E-state index in [2.05, 4.69) is 103 Å². The van der Waals surface area contributed by atoms with Crippen LogP contribution in [0, 0.1) is 0 Å². The first-order valence-electron chi connectivity index (χ1n) is 14.3. The summed E-state index contributed by atoms with van der Waals surface area (Å²) >= 11 is 0. The zero-order valence-electron chi connectivity index (χ0n) is 22.6. The molecule has 0 aliphatic carbocycles. The third-order valence-electron chi connectivity index (χ3n) is 8.01. The number of nitrogens with one attached hydrogen (secondary N) is 1. The smallest absolute Gasteiger partial charge is 0.247 e. The number of aryl methyl sites for hydroxylation is 1. The molecule has 1 heterocycles. The largest absolute Gasteiger partial charge is 0.257 e. The summed E-state index contributed by atoms with van der Waals surface area (Å²) in [6.45, 7) is 8.24. The van der Waals surface area contributed by atoms with Crippen molar-refractivity contribution in [3.05, 3.63) is 90.0 Å². The van der Waals surface area contributed by atoms with E-state index in [0.29, 0.717) is 5.92 Å². The van der Waals surface area contributed by atoms with Crippen LogP contribution in [0.5, 0.6) is 0 Å². The maximum atomic E-state index is 3.62. The van der Waals surface area contributed by atoms with Gasteiger partial charge in [-0.1, -0.05) is 139 Å². The first kappa shape index (κ1) is 27.2. The lowest BCUT2D eigenvalue weighted by atomic mass is 9.68. The highest BCUT2D eigenvalue weighted by Crippen LogP contribution is 2.40. The number of aromatic amines is 1. The van der Waals surface area contributed by atoms with E-state index in [0.717, 1.165) is 13.0 Å². The Balaban J connectivity index is 1.54. The minimum atomic E-state index is 0.00630. The van der Waals surface area contributed by atoms with Gasteiger partial charge in [-0.25, -0.2) is 9.55 Å². The van der Waals surface area contributed by atoms with Crippen LogP contribution in [0.4, 0.5) is 0 Å². The third-order valence-corrected chi connectivity index (χ3v) is 8.01. The number of H-pyrrole nitrogens is 1. The highest BCUT2D eigenvalue weighted by atomic mass is 15.1. The number of aromatic nitrogens is 2. The lowest BCUT2D eigenvalue weighted by Crippen LogP contribution is -2.42. The van der Waals surface area contributed by atoms with E-state index in [9.17, 15) is 0 Å². The fourth-order valence-electron chi connectivity index (χ4n) is 5.54. The summed E-state index contributed by atoms with van der Waals surface area (Å²) in [5, 5.41) is 0. The Morgan fingerprint density at radius 1 is 0.743 bits per heavy atom. The van der Waals surface area contributed by atoms with Crippen molar-refractivity contribution < 1.29 is 4.57 Å². The Labute approximate surface area is 215 Å². The van der Waals surface area contributed by atoms with Gasteiger partial charge in [0.15, 0.2) is 0 Å². The molecule has 190 valence electrons. The molecule has 2 heteroatoms. The molecular weight excluding hydrogens is 424 g/mol. The fourth-order valence-corrected chi connectivity index (χ4v) is 5.54. The molecule has 3 rings (SSSR count). The van der Waals surface area contributed by atoms with Crippen LogP contribution in [0.25, 0.3) is 0 Å². The molecule has 0 radical (unpaired) electrons. The molecule has 35 heavy (non-hydrogen) atoms. The molecule has 0 saturated carbocycles. The third kappa shape index (κ3) is 8.37. The van der Waals surface area contributed by atoms with Crippen molar-refractivity contribution in [3.8, 4) is 0 Å². The Morgan fingerprint density at radius 3 is 1.89 bits per heavy atom. The molecule has 3 aromatic rings. The summed E-state index contributed by atoms with van der Waals surface area (Å²) in [5.74, 6) is 1.71. The van der Waals surface area contributed by atoms with Crippen LogP contribution in [-0.4, -0.2) is 4.98 Å². The average Bonchev–Trinajstić information content (AvgIpc) is 3.36. The van der Waals surface area contributed by atoms with Crippen LogP contribution >= 0.6 is 0 Å². The summed E-state index contributed by atoms with van der Waals surface area (Å²) in [6, 6.07) is 22.0. The lowest BCUT2D eigenvalue weighted by Gasteiger charge is -2.34. The molecule has 0 spiro atoms. The minimum absolute atomic E-state index is 0.00630. The highest BCUT2D eigenvalue weighted by molar-refractivity contribution is 5.32. The Bertz CT molecular complexity index is 930. The Morgan fingerprint density at radius 2 is 1.29 bits per heavy atom. The number of unbranched alkanes of at least 4 members (excludes halogenated alkanes) is 10. The zero-order valence-corrected chi connectivity index (χ0v) is 22.6. The van der Waals surface area contributed by atoms with Gasteiger partial charge in [0.05, 0.1) is 12.5 Å². The first-order chi connectivity index (χ1) is 17.1. The van der Waals surface area contributed by atoms with Crippen molar-refractivity contribution in [1.29, 1.82) is 0 Å². The summed E-state index contributed by atoms with van der Waals surface area (Å²) in [6.07, 6.45) is 20.7. The van der Waals surface area contributed by atoms with Gasteiger partial charge in [-0.15, -0.1) is 0 Å². The maximum absolute atomic E-state index is 3.62. The summed E-state index contributed by atoms with van der Waals surface area (Å²) < 4.78 is 2.48. The number of rotatable bonds is 17. The van der Waals surface area contributed by atoms with Gasteiger partial charge in [-0.05, 0) is 30.4 Å². The van der Waals surface area contributed by atoms with E-state index in [1.165, 1.54) is 87.6 Å². The van der Waals surface area contributed by atoms with E-state index in [4.69, 9.17) is 0 Å². The summed E-state index contributed by atoms with van der Waals surface area (Å²) in [5.41, 5.74) is 2.81. The van der Waals surface area contributed by atoms with E-state index in [-0.39, 0.29) is 5.41 Å². The number of imidazole rings is 1. The Kier molecular flexibility index (Phi) is 11.6. The van der Waals surface area contributed by atoms with Crippen LogP contribution in [0.3, 0.4) is 0 Å². The molecule has 2 nitrogen and oxygen atoms in total. The molecule has 0 bridgehead atoms. The number of hydrogen-bond donors (Lipinski definition) is 1. The summed E-state index contributed by atoms with van der Waals surface area (Å²) in [7, 11) is 0. The SMILES string of the molecule is CCCCCCCCCCCCC[n+]1cc[nH]c1C(C)C(C)(Cc1ccccc1)c1ccccc1. The van der Waals surface area contributed by atoms with Gasteiger partial charge in [0, 0.05) is 5.41 Å². The molecule has 2 aromatic carbocycles. The van der Waals surface area contributed by atoms with E-state index < -0.39 is 0 Å². The van der Waals surface area contributed by atoms with E-state index in [1.807, 2.05) is 0 Å². The van der Waals surface area contributed by atoms with Gasteiger partial charge in [0.25, 0.3) is 5.82 Å². The maximum Gasteiger partial charge on any atom is 0.257 e. The first-order valence-corrected chi connectivity index (χ1v) is 14.3. The molecule has 2 atom stereocenters. The van der Waals surface area contributed by atoms with Crippen LogP contribution in [0.1, 0.15) is 114 Å². The Hall–Kier alpha value is -2.35. The molecule has 0 amide bonds. The quantitative estimate of drug-likeness (QED) is 0.149. The number of nitrogens with zero attached hydrogens (tertiary/aromatic N) is 1. The van der Waals surface area contributed by atoms with Gasteiger partial charge < -0.3 is 0 Å². The highest BCUT2D eigenvalue weighted by Gasteiger charge is 2.39. The monoisotopic (exact) mass is 473 g/mol. The normalized spacial score (nSPS) is 14.0. The predicted octanol–water partition coefficient (Wildman–Crippen LogP) is 8.92. The lowest BCUT2D eigenvalue weighted by molar-refractivity contribution is -0.705. The van der Waals surface area contributed by atoms with Crippen LogP contribution in [0.2, 0.25) is 0 Å². The van der Waals surface area contributed by atoms with Crippen molar-refractivity contribution in [2.75, 3.05) is 0 Å². The molecule has 0 aliphatic heterocycles. The van der Waals surface area contributed by atoms with Crippen molar-refractivity contribution in [3.63, 3.8) is 0 Å².